The van der Waals surface area contributed by atoms with Crippen LogP contribution in [0.5, 0.6) is 0 Å². The Balaban J connectivity index is 2.17. The predicted molar refractivity (Wildman–Crippen MR) is 109 cm³/mol. The molecule has 3 rings (SSSR count). The molecule has 24 heavy (non-hydrogen) atoms. The van der Waals surface area contributed by atoms with Crippen LogP contribution in [-0.2, 0) is 4.43 Å². The number of rotatable bonds is 4. The van der Waals surface area contributed by atoms with Crippen molar-refractivity contribution >= 4 is 34.6 Å². The molecule has 0 fully saturated rings. The topological polar surface area (TPSA) is 9.23 Å². The lowest BCUT2D eigenvalue weighted by Gasteiger charge is -2.44. The molecule has 0 N–H and O–H groups in total. The van der Waals surface area contributed by atoms with E-state index in [0.29, 0.717) is 0 Å². The quantitative estimate of drug-likeness (QED) is 0.655. The molecule has 1 aliphatic carbocycles. The second-order valence-electron chi connectivity index (χ2n) is 7.47. The highest BCUT2D eigenvalue weighted by molar-refractivity contribution is 9.11. The first-order valence-corrected chi connectivity index (χ1v) is 11.3. The van der Waals surface area contributed by atoms with Gasteiger partial charge in [0, 0.05) is 0 Å². The van der Waals surface area contributed by atoms with E-state index in [1.807, 2.05) is 0 Å². The van der Waals surface area contributed by atoms with Crippen LogP contribution in [0.25, 0.3) is 0 Å². The van der Waals surface area contributed by atoms with Crippen LogP contribution in [0.2, 0.25) is 5.04 Å². The zero-order valence-corrected chi connectivity index (χ0v) is 17.2. The van der Waals surface area contributed by atoms with Crippen molar-refractivity contribution < 1.29 is 4.43 Å². The van der Waals surface area contributed by atoms with Crippen LogP contribution in [0.3, 0.4) is 0 Å². The van der Waals surface area contributed by atoms with Crippen molar-refractivity contribution in [1.82, 2.24) is 0 Å². The third-order valence-corrected chi connectivity index (χ3v) is 10.5. The highest BCUT2D eigenvalue weighted by Gasteiger charge is 2.51. The SMILES string of the molecule is CC(C)(C)[Si](OC1C=C(Br)CC1)(c1ccccc1)c1ccccc1. The molecule has 1 nitrogen and oxygen atoms in total. The molecule has 0 heterocycles. The van der Waals surface area contributed by atoms with Gasteiger partial charge in [0.1, 0.15) is 0 Å². The average molecular weight is 401 g/mol. The van der Waals surface area contributed by atoms with E-state index in [0.717, 1.165) is 12.8 Å². The van der Waals surface area contributed by atoms with Gasteiger partial charge in [-0.25, -0.2) is 0 Å². The molecule has 0 spiro atoms. The molecule has 2 aromatic carbocycles. The van der Waals surface area contributed by atoms with E-state index in [-0.39, 0.29) is 11.1 Å². The zero-order valence-electron chi connectivity index (χ0n) is 14.6. The predicted octanol–water partition coefficient (Wildman–Crippen LogP) is 5.00. The minimum absolute atomic E-state index is 0.0403. The second kappa shape index (κ2) is 6.99. The van der Waals surface area contributed by atoms with E-state index < -0.39 is 8.32 Å². The monoisotopic (exact) mass is 400 g/mol. The lowest BCUT2D eigenvalue weighted by atomic mass is 10.2. The lowest BCUT2D eigenvalue weighted by molar-refractivity contribution is 0.232. The molecule has 0 aliphatic heterocycles. The fourth-order valence-corrected chi connectivity index (χ4v) is 8.84. The molecule has 126 valence electrons. The summed E-state index contributed by atoms with van der Waals surface area (Å²) < 4.78 is 8.31. The van der Waals surface area contributed by atoms with Gasteiger partial charge < -0.3 is 4.43 Å². The van der Waals surface area contributed by atoms with Gasteiger partial charge in [0.2, 0.25) is 0 Å². The molecular formula is C21H25BrOSi. The Kier molecular flexibility index (Phi) is 5.14. The van der Waals surface area contributed by atoms with Crippen molar-refractivity contribution in [2.45, 2.75) is 44.8 Å². The van der Waals surface area contributed by atoms with E-state index in [1.54, 1.807) is 0 Å². The maximum absolute atomic E-state index is 7.04. The molecule has 0 saturated carbocycles. The molecule has 1 unspecified atom stereocenters. The fourth-order valence-electron chi connectivity index (χ4n) is 3.66. The first-order chi connectivity index (χ1) is 11.4. The molecule has 0 amide bonds. The minimum atomic E-state index is -2.41. The van der Waals surface area contributed by atoms with Crippen molar-refractivity contribution in [2.75, 3.05) is 0 Å². The van der Waals surface area contributed by atoms with Gasteiger partial charge >= 0.3 is 0 Å². The summed E-state index contributed by atoms with van der Waals surface area (Å²) in [7, 11) is -2.41. The summed E-state index contributed by atoms with van der Waals surface area (Å²) in [4.78, 5) is 0. The van der Waals surface area contributed by atoms with Gasteiger partial charge in [0.25, 0.3) is 8.32 Å². The summed E-state index contributed by atoms with van der Waals surface area (Å²) >= 11 is 3.65. The standard InChI is InChI=1S/C21H25BrOSi/c1-21(2,3)24(19-10-6-4-7-11-19,20-12-8-5-9-13-20)23-18-15-14-17(22)16-18/h4-13,16,18H,14-15H2,1-3H3. The number of allylic oxidation sites excluding steroid dienone is 1. The maximum atomic E-state index is 7.04. The fraction of sp³-hybridized carbons (Fsp3) is 0.333. The number of benzene rings is 2. The van der Waals surface area contributed by atoms with Crippen molar-refractivity contribution in [3.63, 3.8) is 0 Å². The maximum Gasteiger partial charge on any atom is 0.261 e. The van der Waals surface area contributed by atoms with Gasteiger partial charge in [-0.05, 0) is 38.8 Å². The van der Waals surface area contributed by atoms with E-state index in [9.17, 15) is 0 Å². The van der Waals surface area contributed by atoms with Crippen molar-refractivity contribution in [3.8, 4) is 0 Å². The Morgan fingerprint density at radius 2 is 1.42 bits per heavy atom. The lowest BCUT2D eigenvalue weighted by Crippen LogP contribution is -2.67. The first-order valence-electron chi connectivity index (χ1n) is 8.58. The zero-order chi connectivity index (χ0) is 17.2. The third kappa shape index (κ3) is 3.30. The van der Waals surface area contributed by atoms with Gasteiger partial charge in [-0.15, -0.1) is 0 Å². The molecular weight excluding hydrogens is 376 g/mol. The molecule has 0 radical (unpaired) electrons. The highest BCUT2D eigenvalue weighted by atomic mass is 79.9. The van der Waals surface area contributed by atoms with Crippen LogP contribution in [0.4, 0.5) is 0 Å². The van der Waals surface area contributed by atoms with Gasteiger partial charge in [-0.3, -0.25) is 0 Å². The van der Waals surface area contributed by atoms with Gasteiger partial charge in [0.15, 0.2) is 0 Å². The molecule has 0 bridgehead atoms. The first kappa shape index (κ1) is 17.7. The summed E-state index contributed by atoms with van der Waals surface area (Å²) in [6.45, 7) is 6.98. The summed E-state index contributed by atoms with van der Waals surface area (Å²) in [5.74, 6) is 0. The Hall–Kier alpha value is -1.16. The molecule has 2 aromatic rings. The molecule has 0 aromatic heterocycles. The van der Waals surface area contributed by atoms with Crippen LogP contribution < -0.4 is 10.4 Å². The second-order valence-corrected chi connectivity index (χ2v) is 12.7. The summed E-state index contributed by atoms with van der Waals surface area (Å²) in [5.41, 5.74) is 0. The van der Waals surface area contributed by atoms with Crippen molar-refractivity contribution in [2.24, 2.45) is 0 Å². The van der Waals surface area contributed by atoms with Crippen LogP contribution in [0.1, 0.15) is 33.6 Å². The summed E-state index contributed by atoms with van der Waals surface area (Å²) in [6.07, 6.45) is 4.57. The van der Waals surface area contributed by atoms with E-state index >= 15 is 0 Å². The molecule has 1 atom stereocenters. The van der Waals surface area contributed by atoms with E-state index in [1.165, 1.54) is 14.9 Å². The number of hydrogen-bond acceptors (Lipinski definition) is 1. The number of halogens is 1. The van der Waals surface area contributed by atoms with Gasteiger partial charge in [-0.1, -0.05) is 97.4 Å². The molecule has 3 heteroatoms. The smallest absolute Gasteiger partial charge is 0.261 e. The van der Waals surface area contributed by atoms with E-state index in [4.69, 9.17) is 4.43 Å². The third-order valence-electron chi connectivity index (χ3n) is 4.78. The number of hydrogen-bond donors (Lipinski definition) is 0. The summed E-state index contributed by atoms with van der Waals surface area (Å²) in [6, 6.07) is 21.7. The van der Waals surface area contributed by atoms with Gasteiger partial charge in [-0.2, -0.15) is 0 Å². The normalized spacial score (nSPS) is 18.5. The van der Waals surface area contributed by atoms with Gasteiger partial charge in [0.05, 0.1) is 6.10 Å². The molecule has 1 aliphatic rings. The molecule has 0 saturated heterocycles. The Morgan fingerprint density at radius 3 is 1.79 bits per heavy atom. The Morgan fingerprint density at radius 1 is 0.917 bits per heavy atom. The van der Waals surface area contributed by atoms with Crippen LogP contribution in [-0.4, -0.2) is 14.4 Å². The van der Waals surface area contributed by atoms with Crippen LogP contribution in [0, 0.1) is 0 Å². The largest absolute Gasteiger partial charge is 0.401 e. The van der Waals surface area contributed by atoms with Crippen molar-refractivity contribution in [3.05, 3.63) is 71.2 Å². The van der Waals surface area contributed by atoms with E-state index in [2.05, 4.69) is 103 Å². The average Bonchev–Trinajstić information content (AvgIpc) is 2.98. The Labute approximate surface area is 155 Å². The van der Waals surface area contributed by atoms with Crippen LogP contribution >= 0.6 is 15.9 Å². The van der Waals surface area contributed by atoms with Crippen molar-refractivity contribution in [1.29, 1.82) is 0 Å². The minimum Gasteiger partial charge on any atom is -0.401 e. The highest BCUT2D eigenvalue weighted by Crippen LogP contribution is 2.39. The Bertz CT molecular complexity index is 664. The van der Waals surface area contributed by atoms with Crippen LogP contribution in [0.15, 0.2) is 71.2 Å². The summed E-state index contributed by atoms with van der Waals surface area (Å²) in [5, 5.41) is 2.73.